The summed E-state index contributed by atoms with van der Waals surface area (Å²) in [6.45, 7) is 3.88. The van der Waals surface area contributed by atoms with Crippen LogP contribution >= 0.6 is 0 Å². The number of rotatable bonds is 6. The van der Waals surface area contributed by atoms with Gasteiger partial charge in [-0.3, -0.25) is 4.90 Å². The van der Waals surface area contributed by atoms with Gasteiger partial charge in [-0.05, 0) is 22.3 Å². The molecule has 2 fully saturated rings. The highest BCUT2D eigenvalue weighted by Crippen LogP contribution is 2.59. The summed E-state index contributed by atoms with van der Waals surface area (Å²) in [5, 5.41) is 0. The second-order valence-corrected chi connectivity index (χ2v) is 9.40. The van der Waals surface area contributed by atoms with Gasteiger partial charge in [0.25, 0.3) is 0 Å². The van der Waals surface area contributed by atoms with Gasteiger partial charge in [0.2, 0.25) is 0 Å². The predicted octanol–water partition coefficient (Wildman–Crippen LogP) is 5.58. The van der Waals surface area contributed by atoms with E-state index in [1.54, 1.807) is 0 Å². The van der Waals surface area contributed by atoms with Crippen molar-refractivity contribution in [3.63, 3.8) is 0 Å². The molecular formula is C32H31NO3. The molecular weight excluding hydrogens is 446 g/mol. The summed E-state index contributed by atoms with van der Waals surface area (Å²) in [6, 6.07) is 42.2. The second-order valence-electron chi connectivity index (χ2n) is 9.40. The average molecular weight is 478 g/mol. The van der Waals surface area contributed by atoms with Crippen molar-refractivity contribution in [2.24, 2.45) is 0 Å². The molecule has 4 heteroatoms. The van der Waals surface area contributed by atoms with Gasteiger partial charge in [0.05, 0.1) is 13.2 Å². The third-order valence-corrected chi connectivity index (χ3v) is 7.34. The van der Waals surface area contributed by atoms with Crippen molar-refractivity contribution in [3.8, 4) is 0 Å². The van der Waals surface area contributed by atoms with Gasteiger partial charge >= 0.3 is 0 Å². The predicted molar refractivity (Wildman–Crippen MR) is 141 cm³/mol. The van der Waals surface area contributed by atoms with E-state index < -0.39 is 17.5 Å². The standard InChI is InChI=1S/C32H31NO3/c1-5-13-26(14-6-1)31(27-15-7-2-8-16-27)32(28-17-9-3-10-18-28,29-19-11-4-12-20-29)36-30(35-31)25-33-21-23-34-24-22-33/h1-20,30H,21-25H2. The fraction of sp³-hybridized carbons (Fsp3) is 0.250. The van der Waals surface area contributed by atoms with Crippen molar-refractivity contribution in [2.45, 2.75) is 17.5 Å². The lowest BCUT2D eigenvalue weighted by Crippen LogP contribution is -2.48. The van der Waals surface area contributed by atoms with Crippen LogP contribution in [0.2, 0.25) is 0 Å². The van der Waals surface area contributed by atoms with E-state index in [1.807, 2.05) is 0 Å². The Morgan fingerprint density at radius 1 is 0.528 bits per heavy atom. The van der Waals surface area contributed by atoms with Crippen LogP contribution < -0.4 is 0 Å². The molecule has 0 aromatic heterocycles. The van der Waals surface area contributed by atoms with Crippen LogP contribution in [0.1, 0.15) is 22.3 Å². The fourth-order valence-electron chi connectivity index (χ4n) is 5.76. The van der Waals surface area contributed by atoms with E-state index in [-0.39, 0.29) is 0 Å². The van der Waals surface area contributed by atoms with Gasteiger partial charge in [-0.15, -0.1) is 0 Å². The molecule has 0 amide bonds. The molecule has 4 aromatic rings. The minimum atomic E-state index is -0.908. The molecule has 4 aromatic carbocycles. The molecule has 2 heterocycles. The topological polar surface area (TPSA) is 30.9 Å². The first-order valence-electron chi connectivity index (χ1n) is 12.7. The van der Waals surface area contributed by atoms with Gasteiger partial charge in [0.1, 0.15) is 0 Å². The molecule has 4 nitrogen and oxygen atoms in total. The van der Waals surface area contributed by atoms with Gasteiger partial charge in [0, 0.05) is 19.6 Å². The molecule has 182 valence electrons. The SMILES string of the molecule is c1ccc(C2(c3ccccc3)OC(CN3CCOCC3)OC2(c2ccccc2)c2ccccc2)cc1. The largest absolute Gasteiger partial charge is 0.379 e. The molecule has 0 atom stereocenters. The normalized spacial score (nSPS) is 19.8. The number of hydrogen-bond acceptors (Lipinski definition) is 4. The summed E-state index contributed by atoms with van der Waals surface area (Å²) in [7, 11) is 0. The Bertz CT molecular complexity index is 1070. The zero-order chi connectivity index (χ0) is 24.3. The zero-order valence-electron chi connectivity index (χ0n) is 20.3. The molecule has 0 radical (unpaired) electrons. The monoisotopic (exact) mass is 477 g/mol. The van der Waals surface area contributed by atoms with E-state index in [0.717, 1.165) is 48.6 Å². The molecule has 2 aliphatic heterocycles. The van der Waals surface area contributed by atoms with Gasteiger partial charge in [0.15, 0.2) is 17.5 Å². The first kappa shape index (κ1) is 23.1. The highest BCUT2D eigenvalue weighted by atomic mass is 16.8. The molecule has 6 rings (SSSR count). The summed E-state index contributed by atoms with van der Waals surface area (Å²) >= 11 is 0. The maximum absolute atomic E-state index is 7.24. The maximum Gasteiger partial charge on any atom is 0.173 e. The molecule has 0 aliphatic carbocycles. The molecule has 0 bridgehead atoms. The van der Waals surface area contributed by atoms with Gasteiger partial charge in [-0.25, -0.2) is 0 Å². The number of nitrogens with zero attached hydrogens (tertiary/aromatic N) is 1. The van der Waals surface area contributed by atoms with Crippen LogP contribution in [0.4, 0.5) is 0 Å². The smallest absolute Gasteiger partial charge is 0.173 e. The van der Waals surface area contributed by atoms with Crippen molar-refractivity contribution >= 4 is 0 Å². The summed E-state index contributed by atoms with van der Waals surface area (Å²) in [6.07, 6.45) is -0.441. The number of morpholine rings is 1. The minimum Gasteiger partial charge on any atom is -0.379 e. The molecule has 0 unspecified atom stereocenters. The van der Waals surface area contributed by atoms with Crippen molar-refractivity contribution in [2.75, 3.05) is 32.8 Å². The van der Waals surface area contributed by atoms with E-state index >= 15 is 0 Å². The summed E-state index contributed by atoms with van der Waals surface area (Å²) in [5.41, 5.74) is 2.44. The van der Waals surface area contributed by atoms with Crippen LogP contribution in [0.15, 0.2) is 121 Å². The Kier molecular flexibility index (Phi) is 6.43. The number of benzene rings is 4. The Balaban J connectivity index is 1.63. The quantitative estimate of drug-likeness (QED) is 0.363. The van der Waals surface area contributed by atoms with Crippen molar-refractivity contribution < 1.29 is 14.2 Å². The Labute approximate surface area is 213 Å². The van der Waals surface area contributed by atoms with E-state index in [0.29, 0.717) is 6.54 Å². The first-order chi connectivity index (χ1) is 17.8. The van der Waals surface area contributed by atoms with Crippen LogP contribution in [0.3, 0.4) is 0 Å². The third kappa shape index (κ3) is 3.87. The molecule has 2 saturated heterocycles. The van der Waals surface area contributed by atoms with Crippen molar-refractivity contribution in [1.82, 2.24) is 4.90 Å². The van der Waals surface area contributed by atoms with Crippen molar-refractivity contribution in [1.29, 1.82) is 0 Å². The molecule has 0 spiro atoms. The van der Waals surface area contributed by atoms with E-state index in [2.05, 4.69) is 126 Å². The van der Waals surface area contributed by atoms with Crippen LogP contribution in [-0.2, 0) is 25.4 Å². The summed E-state index contributed by atoms with van der Waals surface area (Å²) < 4.78 is 20.1. The van der Waals surface area contributed by atoms with Gasteiger partial charge < -0.3 is 14.2 Å². The summed E-state index contributed by atoms with van der Waals surface area (Å²) in [4.78, 5) is 2.38. The third-order valence-electron chi connectivity index (χ3n) is 7.34. The van der Waals surface area contributed by atoms with Crippen LogP contribution in [-0.4, -0.2) is 44.0 Å². The lowest BCUT2D eigenvalue weighted by atomic mass is 9.66. The summed E-state index contributed by atoms with van der Waals surface area (Å²) in [5.74, 6) is 0. The maximum atomic E-state index is 7.24. The molecule has 36 heavy (non-hydrogen) atoms. The van der Waals surface area contributed by atoms with Crippen molar-refractivity contribution in [3.05, 3.63) is 144 Å². The van der Waals surface area contributed by atoms with E-state index in [4.69, 9.17) is 14.2 Å². The Morgan fingerprint density at radius 3 is 1.19 bits per heavy atom. The van der Waals surface area contributed by atoms with Crippen LogP contribution in [0, 0.1) is 0 Å². The second kappa shape index (κ2) is 10.00. The highest BCUT2D eigenvalue weighted by Gasteiger charge is 2.64. The zero-order valence-corrected chi connectivity index (χ0v) is 20.3. The Hall–Kier alpha value is -3.28. The minimum absolute atomic E-state index is 0.441. The average Bonchev–Trinajstić information content (AvgIpc) is 3.32. The molecule has 0 N–H and O–H groups in total. The highest BCUT2D eigenvalue weighted by molar-refractivity contribution is 5.52. The van der Waals surface area contributed by atoms with E-state index in [9.17, 15) is 0 Å². The van der Waals surface area contributed by atoms with E-state index in [1.165, 1.54) is 0 Å². The van der Waals surface area contributed by atoms with Gasteiger partial charge in [-0.1, -0.05) is 121 Å². The number of ether oxygens (including phenoxy) is 3. The number of hydrogen-bond donors (Lipinski definition) is 0. The lowest BCUT2D eigenvalue weighted by Gasteiger charge is -2.44. The Morgan fingerprint density at radius 2 is 0.861 bits per heavy atom. The fourth-order valence-corrected chi connectivity index (χ4v) is 5.76. The molecule has 2 aliphatic rings. The first-order valence-corrected chi connectivity index (χ1v) is 12.7. The van der Waals surface area contributed by atoms with Crippen LogP contribution in [0.25, 0.3) is 0 Å². The lowest BCUT2D eigenvalue weighted by molar-refractivity contribution is -0.111. The molecule has 0 saturated carbocycles. The van der Waals surface area contributed by atoms with Crippen LogP contribution in [0.5, 0.6) is 0 Å². The van der Waals surface area contributed by atoms with Gasteiger partial charge in [-0.2, -0.15) is 0 Å².